The average molecular weight is 275 g/mol. The minimum Gasteiger partial charge on any atom is -0.383 e. The first kappa shape index (κ1) is 14.5. The predicted octanol–water partition coefficient (Wildman–Crippen LogP) is 1.80. The number of aryl methyl sites for hydroxylation is 2. The summed E-state index contributed by atoms with van der Waals surface area (Å²) in [5.41, 5.74) is 4.32. The zero-order chi connectivity index (χ0) is 14.7. The third kappa shape index (κ3) is 3.17. The van der Waals surface area contributed by atoms with Gasteiger partial charge in [0.2, 0.25) is 5.91 Å². The lowest BCUT2D eigenvalue weighted by Gasteiger charge is -2.13. The third-order valence-corrected chi connectivity index (χ3v) is 3.37. The van der Waals surface area contributed by atoms with E-state index in [0.29, 0.717) is 6.61 Å². The third-order valence-electron chi connectivity index (χ3n) is 3.37. The lowest BCUT2D eigenvalue weighted by molar-refractivity contribution is -0.122. The summed E-state index contributed by atoms with van der Waals surface area (Å²) in [7, 11) is 1.62. The second kappa shape index (κ2) is 6.05. The molecule has 1 atom stereocenters. The molecular weight excluding hydrogens is 254 g/mol. The van der Waals surface area contributed by atoms with Crippen molar-refractivity contribution in [2.45, 2.75) is 33.4 Å². The SMILES string of the molecule is COCC(C)NC(=O)Cn1cnc2cc(C)c(C)cc21. The van der Waals surface area contributed by atoms with Crippen molar-refractivity contribution >= 4 is 16.9 Å². The number of hydrogen-bond acceptors (Lipinski definition) is 3. The molecule has 2 aromatic rings. The summed E-state index contributed by atoms with van der Waals surface area (Å²) in [6.45, 7) is 6.82. The highest BCUT2D eigenvalue weighted by Crippen LogP contribution is 2.18. The van der Waals surface area contributed by atoms with Crippen molar-refractivity contribution in [1.29, 1.82) is 0 Å². The van der Waals surface area contributed by atoms with Gasteiger partial charge in [0, 0.05) is 13.2 Å². The van der Waals surface area contributed by atoms with E-state index in [1.807, 2.05) is 17.6 Å². The molecule has 108 valence electrons. The maximum Gasteiger partial charge on any atom is 0.240 e. The number of methoxy groups -OCH3 is 1. The molecule has 1 heterocycles. The maximum absolute atomic E-state index is 12.0. The summed E-state index contributed by atoms with van der Waals surface area (Å²) < 4.78 is 6.88. The Morgan fingerprint density at radius 3 is 2.80 bits per heavy atom. The fraction of sp³-hybridized carbons (Fsp3) is 0.467. The van der Waals surface area contributed by atoms with Gasteiger partial charge in [0.25, 0.3) is 0 Å². The smallest absolute Gasteiger partial charge is 0.240 e. The topological polar surface area (TPSA) is 56.1 Å². The Kier molecular flexibility index (Phi) is 4.39. The van der Waals surface area contributed by atoms with Crippen molar-refractivity contribution in [2.24, 2.45) is 0 Å². The summed E-state index contributed by atoms with van der Waals surface area (Å²) >= 11 is 0. The number of hydrogen-bond donors (Lipinski definition) is 1. The molecule has 0 radical (unpaired) electrons. The monoisotopic (exact) mass is 275 g/mol. The molecule has 5 nitrogen and oxygen atoms in total. The summed E-state index contributed by atoms with van der Waals surface area (Å²) in [5, 5.41) is 2.90. The lowest BCUT2D eigenvalue weighted by atomic mass is 10.1. The van der Waals surface area contributed by atoms with Gasteiger partial charge in [-0.2, -0.15) is 0 Å². The number of nitrogens with zero attached hydrogens (tertiary/aromatic N) is 2. The molecule has 1 aromatic heterocycles. The summed E-state index contributed by atoms with van der Waals surface area (Å²) in [4.78, 5) is 16.3. The van der Waals surface area contributed by atoms with Gasteiger partial charge in [0.15, 0.2) is 0 Å². The van der Waals surface area contributed by atoms with Gasteiger partial charge < -0.3 is 14.6 Å². The van der Waals surface area contributed by atoms with Crippen LogP contribution in [0, 0.1) is 13.8 Å². The Morgan fingerprint density at radius 1 is 1.40 bits per heavy atom. The van der Waals surface area contributed by atoms with Crippen LogP contribution in [0.5, 0.6) is 0 Å². The van der Waals surface area contributed by atoms with Crippen molar-refractivity contribution in [2.75, 3.05) is 13.7 Å². The van der Waals surface area contributed by atoms with E-state index in [0.717, 1.165) is 11.0 Å². The Balaban J connectivity index is 2.14. The molecule has 0 aliphatic rings. The second-order valence-electron chi connectivity index (χ2n) is 5.22. The van der Waals surface area contributed by atoms with Crippen LogP contribution < -0.4 is 5.32 Å². The number of ether oxygens (including phenoxy) is 1. The molecule has 0 spiro atoms. The molecule has 1 unspecified atom stereocenters. The van der Waals surface area contributed by atoms with Gasteiger partial charge in [-0.15, -0.1) is 0 Å². The molecule has 1 N–H and O–H groups in total. The Morgan fingerprint density at radius 2 is 2.10 bits per heavy atom. The van der Waals surface area contributed by atoms with Crippen molar-refractivity contribution < 1.29 is 9.53 Å². The van der Waals surface area contributed by atoms with Crippen LogP contribution in [0.2, 0.25) is 0 Å². The fourth-order valence-corrected chi connectivity index (χ4v) is 2.21. The molecule has 0 saturated carbocycles. The number of benzene rings is 1. The fourth-order valence-electron chi connectivity index (χ4n) is 2.21. The quantitative estimate of drug-likeness (QED) is 0.905. The number of amides is 1. The van der Waals surface area contributed by atoms with E-state index < -0.39 is 0 Å². The van der Waals surface area contributed by atoms with E-state index in [1.54, 1.807) is 13.4 Å². The van der Waals surface area contributed by atoms with Gasteiger partial charge in [0.05, 0.1) is 24.0 Å². The van der Waals surface area contributed by atoms with Crippen LogP contribution in [0.3, 0.4) is 0 Å². The standard InChI is InChI=1S/C15H21N3O2/c1-10-5-13-14(6-11(10)2)18(9-16-13)7-15(19)17-12(3)8-20-4/h5-6,9,12H,7-8H2,1-4H3,(H,17,19). The van der Waals surface area contributed by atoms with Crippen molar-refractivity contribution in [3.8, 4) is 0 Å². The highest BCUT2D eigenvalue weighted by atomic mass is 16.5. The number of carbonyl (C=O) groups excluding carboxylic acids is 1. The first-order valence-corrected chi connectivity index (χ1v) is 6.71. The van der Waals surface area contributed by atoms with E-state index in [1.165, 1.54) is 11.1 Å². The van der Waals surface area contributed by atoms with Crippen LogP contribution in [-0.2, 0) is 16.1 Å². The number of carbonyl (C=O) groups is 1. The zero-order valence-corrected chi connectivity index (χ0v) is 12.4. The second-order valence-corrected chi connectivity index (χ2v) is 5.22. The Hall–Kier alpha value is -1.88. The Bertz CT molecular complexity index is 619. The summed E-state index contributed by atoms with van der Waals surface area (Å²) in [6.07, 6.45) is 1.71. The Labute approximate surface area is 118 Å². The van der Waals surface area contributed by atoms with Gasteiger partial charge in [-0.25, -0.2) is 4.98 Å². The summed E-state index contributed by atoms with van der Waals surface area (Å²) in [5.74, 6) is -0.0351. The molecule has 1 aromatic carbocycles. The molecule has 0 fully saturated rings. The first-order valence-electron chi connectivity index (χ1n) is 6.71. The van der Waals surface area contributed by atoms with Crippen LogP contribution in [0.4, 0.5) is 0 Å². The van der Waals surface area contributed by atoms with Crippen molar-refractivity contribution in [1.82, 2.24) is 14.9 Å². The molecule has 2 rings (SSSR count). The zero-order valence-electron chi connectivity index (χ0n) is 12.4. The van der Waals surface area contributed by atoms with Gasteiger partial charge >= 0.3 is 0 Å². The minimum atomic E-state index is -0.0351. The molecule has 0 saturated heterocycles. The van der Waals surface area contributed by atoms with Gasteiger partial charge in [-0.05, 0) is 44.0 Å². The lowest BCUT2D eigenvalue weighted by Crippen LogP contribution is -2.37. The van der Waals surface area contributed by atoms with E-state index in [-0.39, 0.29) is 18.5 Å². The number of fused-ring (bicyclic) bond motifs is 1. The van der Waals surface area contributed by atoms with Gasteiger partial charge in [0.1, 0.15) is 6.54 Å². The average Bonchev–Trinajstić information content (AvgIpc) is 2.72. The molecule has 5 heteroatoms. The van der Waals surface area contributed by atoms with Crippen LogP contribution in [-0.4, -0.2) is 35.2 Å². The van der Waals surface area contributed by atoms with E-state index >= 15 is 0 Å². The maximum atomic E-state index is 12.0. The largest absolute Gasteiger partial charge is 0.383 e. The van der Waals surface area contributed by atoms with Crippen LogP contribution in [0.25, 0.3) is 11.0 Å². The molecule has 0 aliphatic carbocycles. The normalized spacial score (nSPS) is 12.6. The molecule has 0 bridgehead atoms. The van der Waals surface area contributed by atoms with Crippen molar-refractivity contribution in [3.05, 3.63) is 29.6 Å². The predicted molar refractivity (Wildman–Crippen MR) is 78.7 cm³/mol. The minimum absolute atomic E-state index is 0.00580. The number of rotatable bonds is 5. The van der Waals surface area contributed by atoms with Crippen LogP contribution in [0.15, 0.2) is 18.5 Å². The van der Waals surface area contributed by atoms with Gasteiger partial charge in [-0.3, -0.25) is 4.79 Å². The van der Waals surface area contributed by atoms with E-state index in [4.69, 9.17) is 4.74 Å². The molecule has 1 amide bonds. The first-order chi connectivity index (χ1) is 9.51. The van der Waals surface area contributed by atoms with Crippen LogP contribution >= 0.6 is 0 Å². The highest BCUT2D eigenvalue weighted by Gasteiger charge is 2.10. The van der Waals surface area contributed by atoms with Crippen LogP contribution in [0.1, 0.15) is 18.1 Å². The molecular formula is C15H21N3O2. The van der Waals surface area contributed by atoms with E-state index in [2.05, 4.69) is 30.2 Å². The van der Waals surface area contributed by atoms with Crippen molar-refractivity contribution in [3.63, 3.8) is 0 Å². The summed E-state index contributed by atoms with van der Waals surface area (Å²) in [6, 6.07) is 4.13. The van der Waals surface area contributed by atoms with E-state index in [9.17, 15) is 4.79 Å². The molecule has 20 heavy (non-hydrogen) atoms. The number of nitrogens with one attached hydrogen (secondary N) is 1. The molecule has 0 aliphatic heterocycles. The number of aromatic nitrogens is 2. The van der Waals surface area contributed by atoms with Gasteiger partial charge in [-0.1, -0.05) is 0 Å². The number of imidazole rings is 1. The highest BCUT2D eigenvalue weighted by molar-refractivity contribution is 5.81.